The lowest BCUT2D eigenvalue weighted by Gasteiger charge is -2.16. The number of halogens is 2. The molecular weight excluding hydrogens is 468 g/mol. The molecule has 36 heavy (non-hydrogen) atoms. The van der Waals surface area contributed by atoms with Crippen molar-refractivity contribution in [2.24, 2.45) is 0 Å². The van der Waals surface area contributed by atoms with Gasteiger partial charge in [0, 0.05) is 35.6 Å². The zero-order valence-electron chi connectivity index (χ0n) is 20.2. The number of amides is 1. The Balaban J connectivity index is 1.72. The van der Waals surface area contributed by atoms with E-state index in [9.17, 15) is 18.8 Å². The highest BCUT2D eigenvalue weighted by atomic mass is 19.3. The molecule has 186 valence electrons. The van der Waals surface area contributed by atoms with Crippen LogP contribution in [0.15, 0.2) is 54.9 Å². The first kappa shape index (κ1) is 24.8. The van der Waals surface area contributed by atoms with E-state index in [4.69, 9.17) is 4.74 Å². The number of imidazole rings is 1. The molecular formula is C26H25F2N5O3. The summed E-state index contributed by atoms with van der Waals surface area (Å²) in [7, 11) is 1.53. The fraction of sp³-hybridized carbons (Fsp3) is 0.231. The lowest BCUT2D eigenvalue weighted by atomic mass is 10.00. The van der Waals surface area contributed by atoms with Crippen LogP contribution in [-0.4, -0.2) is 37.9 Å². The first-order chi connectivity index (χ1) is 17.2. The Bertz CT molecular complexity index is 1420. The van der Waals surface area contributed by atoms with Gasteiger partial charge in [-0.15, -0.1) is 0 Å². The normalized spacial score (nSPS) is 11.4. The van der Waals surface area contributed by atoms with Crippen molar-refractivity contribution in [3.8, 4) is 28.5 Å². The molecule has 0 aliphatic rings. The second-order valence-electron chi connectivity index (χ2n) is 8.16. The van der Waals surface area contributed by atoms with Crippen LogP contribution in [-0.2, 0) is 5.92 Å². The van der Waals surface area contributed by atoms with E-state index in [1.165, 1.54) is 38.3 Å². The van der Waals surface area contributed by atoms with E-state index in [2.05, 4.69) is 20.3 Å². The molecule has 2 heterocycles. The van der Waals surface area contributed by atoms with Crippen molar-refractivity contribution in [2.45, 2.75) is 33.1 Å². The molecule has 0 bridgehead atoms. The van der Waals surface area contributed by atoms with Crippen LogP contribution in [0.25, 0.3) is 22.8 Å². The number of ether oxygens (including phenoxy) is 1. The monoisotopic (exact) mass is 493 g/mol. The van der Waals surface area contributed by atoms with Gasteiger partial charge in [-0.05, 0) is 49.7 Å². The third kappa shape index (κ3) is 4.49. The number of aromatic nitrogens is 4. The van der Waals surface area contributed by atoms with Crippen molar-refractivity contribution in [1.82, 2.24) is 19.7 Å². The van der Waals surface area contributed by atoms with Gasteiger partial charge in [0.2, 0.25) is 0 Å². The van der Waals surface area contributed by atoms with Gasteiger partial charge in [-0.2, -0.15) is 4.73 Å². The summed E-state index contributed by atoms with van der Waals surface area (Å²) in [5.74, 6) is -2.61. The number of nitrogens with zero attached hydrogens (tertiary/aromatic N) is 4. The SMILES string of the molecule is CCC(F)(F)c1cccc(NC(=O)c2c(C)nc(-c3ccc(OC)c(-c4ncccn4)c3C)n2O)c1. The van der Waals surface area contributed by atoms with Crippen LogP contribution < -0.4 is 10.1 Å². The quantitative estimate of drug-likeness (QED) is 0.324. The van der Waals surface area contributed by atoms with Gasteiger partial charge in [0.1, 0.15) is 5.75 Å². The van der Waals surface area contributed by atoms with Crippen LogP contribution in [0.2, 0.25) is 0 Å². The fourth-order valence-corrected chi connectivity index (χ4v) is 3.98. The maximum Gasteiger partial charge on any atom is 0.277 e. The summed E-state index contributed by atoms with van der Waals surface area (Å²) in [6, 6.07) is 10.6. The molecule has 0 fully saturated rings. The topological polar surface area (TPSA) is 102 Å². The minimum absolute atomic E-state index is 0.120. The maximum atomic E-state index is 14.1. The van der Waals surface area contributed by atoms with Crippen LogP contribution in [0.1, 0.15) is 40.7 Å². The van der Waals surface area contributed by atoms with Gasteiger partial charge in [-0.25, -0.2) is 23.7 Å². The maximum absolute atomic E-state index is 14.1. The molecule has 1 amide bonds. The summed E-state index contributed by atoms with van der Waals surface area (Å²) in [5, 5.41) is 13.5. The first-order valence-corrected chi connectivity index (χ1v) is 11.2. The van der Waals surface area contributed by atoms with Crippen LogP contribution >= 0.6 is 0 Å². The van der Waals surface area contributed by atoms with Crippen LogP contribution in [0.4, 0.5) is 14.5 Å². The molecule has 0 atom stereocenters. The molecule has 0 spiro atoms. The third-order valence-corrected chi connectivity index (χ3v) is 5.91. The number of methoxy groups -OCH3 is 1. The van der Waals surface area contributed by atoms with Gasteiger partial charge < -0.3 is 15.3 Å². The van der Waals surface area contributed by atoms with Crippen molar-refractivity contribution in [3.05, 3.63) is 77.4 Å². The molecule has 2 aromatic heterocycles. The van der Waals surface area contributed by atoms with Crippen molar-refractivity contribution < 1.29 is 23.5 Å². The van der Waals surface area contributed by atoms with E-state index in [0.717, 1.165) is 0 Å². The Kier molecular flexibility index (Phi) is 6.69. The minimum Gasteiger partial charge on any atom is -0.496 e. The van der Waals surface area contributed by atoms with Crippen LogP contribution in [0, 0.1) is 13.8 Å². The summed E-state index contributed by atoms with van der Waals surface area (Å²) in [6.07, 6.45) is 2.85. The third-order valence-electron chi connectivity index (χ3n) is 5.91. The summed E-state index contributed by atoms with van der Waals surface area (Å²) in [6.45, 7) is 4.77. The van der Waals surface area contributed by atoms with Gasteiger partial charge >= 0.3 is 0 Å². The summed E-state index contributed by atoms with van der Waals surface area (Å²) < 4.78 is 34.4. The predicted molar refractivity (Wildman–Crippen MR) is 130 cm³/mol. The van der Waals surface area contributed by atoms with Gasteiger partial charge in [0.25, 0.3) is 11.8 Å². The molecule has 8 nitrogen and oxygen atoms in total. The molecule has 10 heteroatoms. The highest BCUT2D eigenvalue weighted by Crippen LogP contribution is 2.37. The van der Waals surface area contributed by atoms with E-state index in [1.54, 1.807) is 37.5 Å². The lowest BCUT2D eigenvalue weighted by molar-refractivity contribution is -0.00824. The fourth-order valence-electron chi connectivity index (χ4n) is 3.98. The Morgan fingerprint density at radius 3 is 2.53 bits per heavy atom. The molecule has 0 aliphatic heterocycles. The van der Waals surface area contributed by atoms with Crippen molar-refractivity contribution in [3.63, 3.8) is 0 Å². The Hall–Kier alpha value is -4.34. The number of aryl methyl sites for hydroxylation is 1. The average molecular weight is 494 g/mol. The van der Waals surface area contributed by atoms with Crippen LogP contribution in [0.3, 0.4) is 0 Å². The summed E-state index contributed by atoms with van der Waals surface area (Å²) >= 11 is 0. The molecule has 0 saturated heterocycles. The molecule has 0 aliphatic carbocycles. The van der Waals surface area contributed by atoms with E-state index >= 15 is 0 Å². The minimum atomic E-state index is -3.02. The molecule has 0 unspecified atom stereocenters. The molecule has 2 aromatic carbocycles. The van der Waals surface area contributed by atoms with E-state index in [0.29, 0.717) is 33.0 Å². The van der Waals surface area contributed by atoms with Gasteiger partial charge in [0.05, 0.1) is 18.4 Å². The molecule has 4 aromatic rings. The number of rotatable bonds is 7. The highest BCUT2D eigenvalue weighted by molar-refractivity contribution is 6.04. The number of alkyl halides is 2. The van der Waals surface area contributed by atoms with E-state index < -0.39 is 11.8 Å². The van der Waals surface area contributed by atoms with Crippen molar-refractivity contribution in [2.75, 3.05) is 12.4 Å². The molecule has 2 N–H and O–H groups in total. The largest absolute Gasteiger partial charge is 0.496 e. The number of anilines is 1. The Labute approximate surface area is 206 Å². The number of hydrogen-bond acceptors (Lipinski definition) is 6. The second kappa shape index (κ2) is 9.73. The zero-order valence-corrected chi connectivity index (χ0v) is 20.2. The summed E-state index contributed by atoms with van der Waals surface area (Å²) in [5.41, 5.74) is 1.95. The van der Waals surface area contributed by atoms with Gasteiger partial charge in [-0.1, -0.05) is 19.1 Å². The first-order valence-electron chi connectivity index (χ1n) is 11.2. The molecule has 0 saturated carbocycles. The number of benzene rings is 2. The number of carbonyl (C=O) groups is 1. The van der Waals surface area contributed by atoms with Gasteiger partial charge in [0.15, 0.2) is 17.3 Å². The summed E-state index contributed by atoms with van der Waals surface area (Å²) in [4.78, 5) is 26.1. The Morgan fingerprint density at radius 1 is 1.14 bits per heavy atom. The van der Waals surface area contributed by atoms with Crippen molar-refractivity contribution in [1.29, 1.82) is 0 Å². The standard InChI is InChI=1S/C26H25F2N5O3/c1-5-26(27,28)17-8-6-9-18(14-17)32-25(34)22-16(3)31-24(33(22)35)19-10-11-20(36-4)21(15(19)2)23-29-12-7-13-30-23/h6-14,35H,5H2,1-4H3,(H,32,34). The smallest absolute Gasteiger partial charge is 0.277 e. The molecule has 0 radical (unpaired) electrons. The number of nitrogens with one attached hydrogen (secondary N) is 1. The Morgan fingerprint density at radius 2 is 1.86 bits per heavy atom. The van der Waals surface area contributed by atoms with E-state index in [1.807, 2.05) is 6.92 Å². The molecule has 4 rings (SSSR count). The average Bonchev–Trinajstić information content (AvgIpc) is 3.17. The van der Waals surface area contributed by atoms with Crippen molar-refractivity contribution >= 4 is 11.6 Å². The zero-order chi connectivity index (χ0) is 26.0. The van der Waals surface area contributed by atoms with E-state index in [-0.39, 0.29) is 34.9 Å². The number of carbonyl (C=O) groups excluding carboxylic acids is 1. The van der Waals surface area contributed by atoms with Gasteiger partial charge in [-0.3, -0.25) is 4.79 Å². The second-order valence-corrected chi connectivity index (χ2v) is 8.16. The lowest BCUT2D eigenvalue weighted by Crippen LogP contribution is -2.18. The van der Waals surface area contributed by atoms with Crippen LogP contribution in [0.5, 0.6) is 5.75 Å². The number of hydrogen-bond donors (Lipinski definition) is 2. The predicted octanol–water partition coefficient (Wildman–Crippen LogP) is 5.62. The highest BCUT2D eigenvalue weighted by Gasteiger charge is 2.29.